The van der Waals surface area contributed by atoms with Crippen molar-refractivity contribution in [1.29, 1.82) is 0 Å². The first-order chi connectivity index (χ1) is 9.19. The van der Waals surface area contributed by atoms with Gasteiger partial charge in [0.25, 0.3) is 0 Å². The lowest BCUT2D eigenvalue weighted by molar-refractivity contribution is 0.395. The van der Waals surface area contributed by atoms with Crippen LogP contribution in [0.1, 0.15) is 25.5 Å². The first-order valence-electron chi connectivity index (χ1n) is 6.38. The summed E-state index contributed by atoms with van der Waals surface area (Å²) in [5.41, 5.74) is 0.432. The van der Waals surface area contributed by atoms with Crippen molar-refractivity contribution in [3.8, 4) is 11.5 Å². The van der Waals surface area contributed by atoms with Gasteiger partial charge in [-0.05, 0) is 6.42 Å². The molecule has 0 radical (unpaired) electrons. The van der Waals surface area contributed by atoms with Crippen LogP contribution in [0.2, 0.25) is 0 Å². The summed E-state index contributed by atoms with van der Waals surface area (Å²) in [5, 5.41) is 0.462. The van der Waals surface area contributed by atoms with E-state index in [9.17, 15) is 4.79 Å². The van der Waals surface area contributed by atoms with Crippen LogP contribution in [-0.2, 0) is 6.42 Å². The van der Waals surface area contributed by atoms with Gasteiger partial charge < -0.3 is 13.9 Å². The van der Waals surface area contributed by atoms with Gasteiger partial charge in [-0.15, -0.1) is 0 Å². The fraction of sp³-hybridized carbons (Fsp3) is 0.400. The minimum Gasteiger partial charge on any atom is -0.496 e. The molecule has 4 nitrogen and oxygen atoms in total. The number of ether oxygens (including phenoxy) is 2. The number of aryl methyl sites for hydroxylation is 1. The Morgan fingerprint density at radius 3 is 2.58 bits per heavy atom. The molecule has 1 aromatic heterocycles. The minimum absolute atomic E-state index is 0.0770. The van der Waals surface area contributed by atoms with E-state index in [0.29, 0.717) is 28.2 Å². The van der Waals surface area contributed by atoms with Gasteiger partial charge in [0, 0.05) is 24.6 Å². The third-order valence-electron chi connectivity index (χ3n) is 3.05. The van der Waals surface area contributed by atoms with Crippen molar-refractivity contribution < 1.29 is 13.9 Å². The molecule has 1 heterocycles. The standard InChI is InChI=1S/C15H18O4/c1-4-5-6-10-7-12(16)15-13(18-3)8-11(17-2)9-14(15)19-10/h7-9H,4-6H2,1-3H3. The van der Waals surface area contributed by atoms with Gasteiger partial charge in [-0.2, -0.15) is 0 Å². The van der Waals surface area contributed by atoms with Crippen molar-refractivity contribution in [3.63, 3.8) is 0 Å². The van der Waals surface area contributed by atoms with Gasteiger partial charge in [0.05, 0.1) is 14.2 Å². The van der Waals surface area contributed by atoms with Crippen LogP contribution in [0.15, 0.2) is 27.4 Å². The fourth-order valence-corrected chi connectivity index (χ4v) is 2.03. The van der Waals surface area contributed by atoms with Crippen molar-refractivity contribution >= 4 is 11.0 Å². The van der Waals surface area contributed by atoms with E-state index in [4.69, 9.17) is 13.9 Å². The van der Waals surface area contributed by atoms with E-state index in [1.807, 2.05) is 0 Å². The largest absolute Gasteiger partial charge is 0.496 e. The maximum absolute atomic E-state index is 12.2. The van der Waals surface area contributed by atoms with Crippen molar-refractivity contribution in [2.24, 2.45) is 0 Å². The predicted octanol–water partition coefficient (Wildman–Crippen LogP) is 3.15. The van der Waals surface area contributed by atoms with E-state index in [2.05, 4.69) is 6.92 Å². The molecule has 19 heavy (non-hydrogen) atoms. The Bertz CT molecular complexity index is 628. The Kier molecular flexibility index (Phi) is 4.10. The van der Waals surface area contributed by atoms with Crippen LogP contribution in [-0.4, -0.2) is 14.2 Å². The highest BCUT2D eigenvalue weighted by Crippen LogP contribution is 2.29. The summed E-state index contributed by atoms with van der Waals surface area (Å²) in [4.78, 5) is 12.2. The van der Waals surface area contributed by atoms with E-state index in [1.165, 1.54) is 7.11 Å². The molecule has 0 N–H and O–H groups in total. The highest BCUT2D eigenvalue weighted by molar-refractivity contribution is 5.85. The zero-order valence-corrected chi connectivity index (χ0v) is 11.5. The fourth-order valence-electron chi connectivity index (χ4n) is 2.03. The topological polar surface area (TPSA) is 48.7 Å². The summed E-state index contributed by atoms with van der Waals surface area (Å²) < 4.78 is 16.2. The molecule has 0 aliphatic carbocycles. The van der Waals surface area contributed by atoms with Gasteiger partial charge in [-0.3, -0.25) is 4.79 Å². The molecule has 0 aliphatic heterocycles. The number of benzene rings is 1. The lowest BCUT2D eigenvalue weighted by Crippen LogP contribution is -2.04. The molecule has 0 bridgehead atoms. The van der Waals surface area contributed by atoms with Crippen molar-refractivity contribution in [1.82, 2.24) is 0 Å². The number of unbranched alkanes of at least 4 members (excludes halogenated alkanes) is 1. The molecule has 0 aliphatic rings. The van der Waals surface area contributed by atoms with Gasteiger partial charge >= 0.3 is 0 Å². The molecule has 0 atom stereocenters. The number of hydrogen-bond acceptors (Lipinski definition) is 4. The highest BCUT2D eigenvalue weighted by atomic mass is 16.5. The molecule has 2 aromatic rings. The Hall–Kier alpha value is -1.97. The monoisotopic (exact) mass is 262 g/mol. The van der Waals surface area contributed by atoms with Gasteiger partial charge in [0.2, 0.25) is 0 Å². The van der Waals surface area contributed by atoms with E-state index in [0.717, 1.165) is 19.3 Å². The SMILES string of the molecule is CCCCc1cc(=O)c2c(OC)cc(OC)cc2o1. The second-order valence-electron chi connectivity index (χ2n) is 4.38. The number of methoxy groups -OCH3 is 2. The Labute approximate surface area is 111 Å². The maximum Gasteiger partial charge on any atom is 0.196 e. The summed E-state index contributed by atoms with van der Waals surface area (Å²) >= 11 is 0. The van der Waals surface area contributed by atoms with Crippen LogP contribution < -0.4 is 14.9 Å². The Balaban J connectivity index is 2.62. The first-order valence-corrected chi connectivity index (χ1v) is 6.38. The molecule has 2 rings (SSSR count). The molecule has 0 spiro atoms. The lowest BCUT2D eigenvalue weighted by Gasteiger charge is -2.08. The second kappa shape index (κ2) is 5.78. The number of rotatable bonds is 5. The van der Waals surface area contributed by atoms with Gasteiger partial charge in [0.15, 0.2) is 5.43 Å². The van der Waals surface area contributed by atoms with Crippen molar-refractivity contribution in [2.75, 3.05) is 14.2 Å². The van der Waals surface area contributed by atoms with Gasteiger partial charge in [-0.25, -0.2) is 0 Å². The molecular weight excluding hydrogens is 244 g/mol. The molecule has 0 fully saturated rings. The zero-order valence-electron chi connectivity index (χ0n) is 11.5. The van der Waals surface area contributed by atoms with E-state index >= 15 is 0 Å². The molecule has 0 saturated heterocycles. The first kappa shape index (κ1) is 13.5. The van der Waals surface area contributed by atoms with Crippen LogP contribution in [0.5, 0.6) is 11.5 Å². The van der Waals surface area contributed by atoms with Crippen LogP contribution in [0.3, 0.4) is 0 Å². The van der Waals surface area contributed by atoms with Crippen LogP contribution in [0.4, 0.5) is 0 Å². The van der Waals surface area contributed by atoms with E-state index in [-0.39, 0.29) is 5.43 Å². The Morgan fingerprint density at radius 2 is 1.95 bits per heavy atom. The predicted molar refractivity (Wildman–Crippen MR) is 74.2 cm³/mol. The average molecular weight is 262 g/mol. The summed E-state index contributed by atoms with van der Waals surface area (Å²) in [6.45, 7) is 2.10. The smallest absolute Gasteiger partial charge is 0.196 e. The highest BCUT2D eigenvalue weighted by Gasteiger charge is 2.12. The van der Waals surface area contributed by atoms with Crippen LogP contribution in [0.25, 0.3) is 11.0 Å². The van der Waals surface area contributed by atoms with Gasteiger partial charge in [0.1, 0.15) is 28.2 Å². The second-order valence-corrected chi connectivity index (χ2v) is 4.38. The lowest BCUT2D eigenvalue weighted by atomic mass is 10.1. The minimum atomic E-state index is -0.0770. The maximum atomic E-state index is 12.2. The summed E-state index contributed by atoms with van der Waals surface area (Å²) in [6, 6.07) is 4.95. The van der Waals surface area contributed by atoms with Crippen LogP contribution >= 0.6 is 0 Å². The summed E-state index contributed by atoms with van der Waals surface area (Å²) in [6.07, 6.45) is 2.82. The van der Waals surface area contributed by atoms with Gasteiger partial charge in [-0.1, -0.05) is 13.3 Å². The average Bonchev–Trinajstić information content (AvgIpc) is 2.43. The van der Waals surface area contributed by atoms with E-state index in [1.54, 1.807) is 25.3 Å². The molecule has 4 heteroatoms. The Morgan fingerprint density at radius 1 is 1.16 bits per heavy atom. The van der Waals surface area contributed by atoms with E-state index < -0.39 is 0 Å². The third kappa shape index (κ3) is 2.72. The zero-order chi connectivity index (χ0) is 13.8. The summed E-state index contributed by atoms with van der Waals surface area (Å²) in [7, 11) is 3.10. The third-order valence-corrected chi connectivity index (χ3v) is 3.05. The van der Waals surface area contributed by atoms with Crippen molar-refractivity contribution in [2.45, 2.75) is 26.2 Å². The molecular formula is C15H18O4. The van der Waals surface area contributed by atoms with Crippen molar-refractivity contribution in [3.05, 3.63) is 34.2 Å². The summed E-state index contributed by atoms with van der Waals surface area (Å²) in [5.74, 6) is 1.79. The quantitative estimate of drug-likeness (QED) is 0.830. The molecule has 1 aromatic carbocycles. The molecule has 0 saturated carbocycles. The number of fused-ring (bicyclic) bond motifs is 1. The van der Waals surface area contributed by atoms with Crippen LogP contribution in [0, 0.1) is 0 Å². The normalized spacial score (nSPS) is 10.7. The molecule has 0 amide bonds. The molecule has 0 unspecified atom stereocenters. The number of hydrogen-bond donors (Lipinski definition) is 0. The molecule has 102 valence electrons.